The van der Waals surface area contributed by atoms with Crippen molar-refractivity contribution in [3.8, 4) is 5.75 Å². The first-order valence-electron chi connectivity index (χ1n) is 8.09. The van der Waals surface area contributed by atoms with E-state index in [4.69, 9.17) is 20.8 Å². The number of ether oxygens (including phenoxy) is 1. The van der Waals surface area contributed by atoms with Crippen LogP contribution in [0, 0.1) is 0 Å². The molecule has 3 aromatic rings. The molecule has 0 saturated carbocycles. The fourth-order valence-corrected chi connectivity index (χ4v) is 3.00. The number of hydrogen-bond donors (Lipinski definition) is 1. The van der Waals surface area contributed by atoms with Gasteiger partial charge in [0, 0.05) is 11.3 Å². The average molecular weight is 422 g/mol. The quantitative estimate of drug-likeness (QED) is 0.624. The Morgan fingerprint density at radius 2 is 1.79 bits per heavy atom. The molecule has 28 heavy (non-hydrogen) atoms. The van der Waals surface area contributed by atoms with Crippen molar-refractivity contribution < 1.29 is 22.4 Å². The van der Waals surface area contributed by atoms with E-state index < -0.39 is 15.7 Å². The number of nitrogens with one attached hydrogen (secondary N) is 1. The smallest absolute Gasteiger partial charge is 0.322 e. The van der Waals surface area contributed by atoms with Crippen LogP contribution in [0.5, 0.6) is 5.75 Å². The lowest BCUT2D eigenvalue weighted by atomic mass is 10.1. The minimum absolute atomic E-state index is 0.0486. The molecule has 146 valence electrons. The molecule has 0 atom stereocenters. The minimum Gasteiger partial charge on any atom is -0.484 e. The van der Waals surface area contributed by atoms with Crippen LogP contribution in [0.2, 0.25) is 5.02 Å². The molecule has 2 aromatic carbocycles. The molecule has 0 bridgehead atoms. The van der Waals surface area contributed by atoms with Crippen LogP contribution in [0.3, 0.4) is 0 Å². The maximum Gasteiger partial charge on any atom is 0.322 e. The Labute approximate surface area is 166 Å². The topological polar surface area (TPSA) is 111 Å². The number of rotatable bonds is 7. The number of sulfone groups is 1. The predicted molar refractivity (Wildman–Crippen MR) is 102 cm³/mol. The molecular weight excluding hydrogens is 406 g/mol. The fourth-order valence-electron chi connectivity index (χ4n) is 2.24. The standard InChI is InChI=1S/C18H16ClN3O5S/c1-28(24,25)15-8-2-12(3-9-15)10-17-21-22-18(27-17)20-16(23)11-26-14-6-4-13(19)5-7-14/h2-9H,10-11H2,1H3,(H,20,22,23). The third-order valence-electron chi connectivity index (χ3n) is 3.60. The van der Waals surface area contributed by atoms with E-state index in [1.165, 1.54) is 12.1 Å². The molecule has 0 spiro atoms. The van der Waals surface area contributed by atoms with Gasteiger partial charge in [-0.05, 0) is 42.0 Å². The number of hydrogen-bond acceptors (Lipinski definition) is 7. The monoisotopic (exact) mass is 421 g/mol. The highest BCUT2D eigenvalue weighted by atomic mass is 35.5. The normalized spacial score (nSPS) is 11.2. The second kappa shape index (κ2) is 8.41. The van der Waals surface area contributed by atoms with Gasteiger partial charge in [0.15, 0.2) is 16.4 Å². The maximum atomic E-state index is 11.9. The van der Waals surface area contributed by atoms with E-state index in [-0.39, 0.29) is 23.4 Å². The van der Waals surface area contributed by atoms with Gasteiger partial charge in [-0.25, -0.2) is 8.42 Å². The van der Waals surface area contributed by atoms with Crippen molar-refractivity contribution in [2.75, 3.05) is 18.2 Å². The predicted octanol–water partition coefficient (Wildman–Crippen LogP) is 2.73. The van der Waals surface area contributed by atoms with Crippen LogP contribution in [-0.4, -0.2) is 37.4 Å². The van der Waals surface area contributed by atoms with Crippen LogP contribution < -0.4 is 10.1 Å². The summed E-state index contributed by atoms with van der Waals surface area (Å²) >= 11 is 5.78. The molecule has 3 rings (SSSR count). The van der Waals surface area contributed by atoms with Crippen molar-refractivity contribution in [2.24, 2.45) is 0 Å². The number of carbonyl (C=O) groups excluding carboxylic acids is 1. The molecule has 0 aliphatic carbocycles. The Morgan fingerprint density at radius 3 is 2.43 bits per heavy atom. The summed E-state index contributed by atoms with van der Waals surface area (Å²) in [6.07, 6.45) is 1.44. The number of nitrogens with zero attached hydrogens (tertiary/aromatic N) is 2. The highest BCUT2D eigenvalue weighted by Crippen LogP contribution is 2.16. The van der Waals surface area contributed by atoms with Gasteiger partial charge in [0.2, 0.25) is 5.89 Å². The van der Waals surface area contributed by atoms with Crippen molar-refractivity contribution in [3.63, 3.8) is 0 Å². The van der Waals surface area contributed by atoms with Gasteiger partial charge in [0.25, 0.3) is 5.91 Å². The molecule has 0 unspecified atom stereocenters. The average Bonchev–Trinajstić information content (AvgIpc) is 3.07. The molecule has 0 fully saturated rings. The largest absolute Gasteiger partial charge is 0.484 e. The zero-order chi connectivity index (χ0) is 20.1. The molecule has 1 aromatic heterocycles. The lowest BCUT2D eigenvalue weighted by Crippen LogP contribution is -2.20. The highest BCUT2D eigenvalue weighted by molar-refractivity contribution is 7.90. The van der Waals surface area contributed by atoms with E-state index >= 15 is 0 Å². The number of benzene rings is 2. The zero-order valence-corrected chi connectivity index (χ0v) is 16.3. The number of carbonyl (C=O) groups is 1. The molecule has 0 aliphatic rings. The van der Waals surface area contributed by atoms with Gasteiger partial charge >= 0.3 is 6.01 Å². The molecule has 0 saturated heterocycles. The van der Waals surface area contributed by atoms with Crippen LogP contribution in [0.4, 0.5) is 6.01 Å². The molecule has 0 radical (unpaired) electrons. The Bertz CT molecular complexity index is 1060. The second-order valence-corrected chi connectivity index (χ2v) is 8.34. The lowest BCUT2D eigenvalue weighted by Gasteiger charge is -2.05. The molecule has 0 aliphatic heterocycles. The summed E-state index contributed by atoms with van der Waals surface area (Å²) in [6, 6.07) is 12.9. The minimum atomic E-state index is -3.25. The molecule has 10 heteroatoms. The van der Waals surface area contributed by atoms with Gasteiger partial charge in [0.1, 0.15) is 5.75 Å². The number of anilines is 1. The third kappa shape index (κ3) is 5.54. The van der Waals surface area contributed by atoms with Crippen LogP contribution in [0.25, 0.3) is 0 Å². The van der Waals surface area contributed by atoms with Gasteiger partial charge in [-0.1, -0.05) is 28.8 Å². The summed E-state index contributed by atoms with van der Waals surface area (Å²) in [5.74, 6) is 0.326. The van der Waals surface area contributed by atoms with Crippen molar-refractivity contribution in [3.05, 3.63) is 65.0 Å². The summed E-state index contributed by atoms with van der Waals surface area (Å²) in [5, 5.41) is 10.6. The SMILES string of the molecule is CS(=O)(=O)c1ccc(Cc2nnc(NC(=O)COc3ccc(Cl)cc3)o2)cc1. The summed E-state index contributed by atoms with van der Waals surface area (Å²) in [6.45, 7) is -0.230. The van der Waals surface area contributed by atoms with Gasteiger partial charge in [-0.15, -0.1) is 5.10 Å². The van der Waals surface area contributed by atoms with Gasteiger partial charge < -0.3 is 9.15 Å². The van der Waals surface area contributed by atoms with E-state index in [1.807, 2.05) is 0 Å². The van der Waals surface area contributed by atoms with E-state index in [0.29, 0.717) is 17.2 Å². The number of amides is 1. The van der Waals surface area contributed by atoms with Gasteiger partial charge in [-0.2, -0.15) is 0 Å². The van der Waals surface area contributed by atoms with Crippen molar-refractivity contribution in [1.29, 1.82) is 0 Å². The maximum absolute atomic E-state index is 11.9. The Morgan fingerprint density at radius 1 is 1.11 bits per heavy atom. The van der Waals surface area contributed by atoms with E-state index in [2.05, 4.69) is 15.5 Å². The third-order valence-corrected chi connectivity index (χ3v) is 4.98. The van der Waals surface area contributed by atoms with Crippen molar-refractivity contribution in [1.82, 2.24) is 10.2 Å². The lowest BCUT2D eigenvalue weighted by molar-refractivity contribution is -0.118. The number of aromatic nitrogens is 2. The molecule has 1 amide bonds. The van der Waals surface area contributed by atoms with E-state index in [1.54, 1.807) is 36.4 Å². The van der Waals surface area contributed by atoms with Gasteiger partial charge in [-0.3, -0.25) is 10.1 Å². The molecule has 1 heterocycles. The van der Waals surface area contributed by atoms with Crippen molar-refractivity contribution in [2.45, 2.75) is 11.3 Å². The first kappa shape index (κ1) is 19.8. The summed E-state index contributed by atoms with van der Waals surface area (Å²) in [5.41, 5.74) is 0.792. The zero-order valence-electron chi connectivity index (χ0n) is 14.8. The highest BCUT2D eigenvalue weighted by Gasteiger charge is 2.12. The van der Waals surface area contributed by atoms with Crippen LogP contribution in [0.15, 0.2) is 57.8 Å². The number of halogens is 1. The van der Waals surface area contributed by atoms with Gasteiger partial charge in [0.05, 0.1) is 11.3 Å². The summed E-state index contributed by atoms with van der Waals surface area (Å²) in [7, 11) is -3.25. The Kier molecular flexibility index (Phi) is 5.96. The summed E-state index contributed by atoms with van der Waals surface area (Å²) in [4.78, 5) is 12.1. The molecular formula is C18H16ClN3O5S. The Hall–Kier alpha value is -2.91. The van der Waals surface area contributed by atoms with E-state index in [9.17, 15) is 13.2 Å². The van der Waals surface area contributed by atoms with Crippen LogP contribution in [-0.2, 0) is 21.1 Å². The van der Waals surface area contributed by atoms with Crippen molar-refractivity contribution >= 4 is 33.4 Å². The summed E-state index contributed by atoms with van der Waals surface area (Å²) < 4.78 is 33.6. The molecule has 8 nitrogen and oxygen atoms in total. The first-order valence-corrected chi connectivity index (χ1v) is 10.4. The first-order chi connectivity index (χ1) is 13.3. The Balaban J connectivity index is 1.53. The second-order valence-electron chi connectivity index (χ2n) is 5.88. The van der Waals surface area contributed by atoms with Crippen LogP contribution >= 0.6 is 11.6 Å². The van der Waals surface area contributed by atoms with E-state index in [0.717, 1.165) is 11.8 Å². The fraction of sp³-hybridized carbons (Fsp3) is 0.167. The molecule has 1 N–H and O–H groups in total. The van der Waals surface area contributed by atoms with Crippen LogP contribution in [0.1, 0.15) is 11.5 Å².